The van der Waals surface area contributed by atoms with Crippen molar-refractivity contribution in [3.8, 4) is 0 Å². The third-order valence-corrected chi connectivity index (χ3v) is 5.68. The second-order valence-electron chi connectivity index (χ2n) is 7.02. The Balaban J connectivity index is 1.39. The van der Waals surface area contributed by atoms with Gasteiger partial charge in [0.1, 0.15) is 6.33 Å². The molecule has 0 amide bonds. The first kappa shape index (κ1) is 17.6. The van der Waals surface area contributed by atoms with Crippen LogP contribution in [0.1, 0.15) is 18.4 Å². The number of hydrogen-bond acceptors (Lipinski definition) is 6. The van der Waals surface area contributed by atoms with Gasteiger partial charge in [-0.25, -0.2) is 4.68 Å². The van der Waals surface area contributed by atoms with Gasteiger partial charge in [0.2, 0.25) is 5.95 Å². The SMILES string of the molecule is Nc1nncn1N1CCC(N2CCOCC2Cc2ccc(Cl)cc2)CC1. The van der Waals surface area contributed by atoms with E-state index in [4.69, 9.17) is 22.1 Å². The molecule has 2 aliphatic rings. The molecule has 1 aromatic heterocycles. The van der Waals surface area contributed by atoms with Gasteiger partial charge >= 0.3 is 0 Å². The van der Waals surface area contributed by atoms with Crippen molar-refractivity contribution in [3.05, 3.63) is 41.2 Å². The molecule has 0 bridgehead atoms. The van der Waals surface area contributed by atoms with Crippen LogP contribution in [0, 0.1) is 0 Å². The highest BCUT2D eigenvalue weighted by Gasteiger charge is 2.32. The quantitative estimate of drug-likeness (QED) is 0.873. The first-order valence-corrected chi connectivity index (χ1v) is 9.57. The molecule has 8 heteroatoms. The number of piperidine rings is 1. The number of nitrogens with zero attached hydrogens (tertiary/aromatic N) is 5. The summed E-state index contributed by atoms with van der Waals surface area (Å²) in [7, 11) is 0. The van der Waals surface area contributed by atoms with Gasteiger partial charge in [-0.1, -0.05) is 23.7 Å². The maximum absolute atomic E-state index is 6.01. The number of aromatic nitrogens is 3. The van der Waals surface area contributed by atoms with Crippen molar-refractivity contribution >= 4 is 17.5 Å². The molecule has 0 radical (unpaired) electrons. The van der Waals surface area contributed by atoms with Crippen molar-refractivity contribution in [1.82, 2.24) is 19.8 Å². The van der Waals surface area contributed by atoms with Crippen LogP contribution in [0.25, 0.3) is 0 Å². The zero-order valence-electron chi connectivity index (χ0n) is 14.8. The maximum atomic E-state index is 6.01. The Hall–Kier alpha value is -1.83. The van der Waals surface area contributed by atoms with Crippen LogP contribution in [0.5, 0.6) is 0 Å². The van der Waals surface area contributed by atoms with Crippen LogP contribution < -0.4 is 10.7 Å². The Labute approximate surface area is 158 Å². The van der Waals surface area contributed by atoms with Gasteiger partial charge < -0.3 is 15.5 Å². The van der Waals surface area contributed by atoms with Crippen molar-refractivity contribution in [1.29, 1.82) is 0 Å². The standard InChI is InChI=1S/C18H25ClN6O/c19-15-3-1-14(2-4-15)11-17-12-26-10-9-24(17)16-5-7-23(8-6-16)25-13-21-22-18(25)20/h1-4,13,16-17H,5-12H2,(H2,20,22). The maximum Gasteiger partial charge on any atom is 0.240 e. The lowest BCUT2D eigenvalue weighted by molar-refractivity contribution is -0.0338. The second-order valence-corrected chi connectivity index (χ2v) is 7.45. The molecular formula is C18H25ClN6O. The first-order valence-electron chi connectivity index (χ1n) is 9.19. The van der Waals surface area contributed by atoms with Crippen LogP contribution in [-0.4, -0.2) is 64.7 Å². The van der Waals surface area contributed by atoms with Crippen molar-refractivity contribution in [2.24, 2.45) is 0 Å². The lowest BCUT2D eigenvalue weighted by Gasteiger charge is -2.45. The number of morpholine rings is 1. The van der Waals surface area contributed by atoms with Crippen molar-refractivity contribution in [2.75, 3.05) is 43.6 Å². The molecule has 2 fully saturated rings. The molecule has 26 heavy (non-hydrogen) atoms. The minimum absolute atomic E-state index is 0.418. The molecular weight excluding hydrogens is 352 g/mol. The van der Waals surface area contributed by atoms with Gasteiger partial charge in [0.25, 0.3) is 0 Å². The van der Waals surface area contributed by atoms with Crippen LogP contribution in [0.4, 0.5) is 5.95 Å². The minimum Gasteiger partial charge on any atom is -0.378 e. The van der Waals surface area contributed by atoms with Gasteiger partial charge in [-0.3, -0.25) is 4.90 Å². The molecule has 2 saturated heterocycles. The summed E-state index contributed by atoms with van der Waals surface area (Å²) < 4.78 is 7.64. The second kappa shape index (κ2) is 7.82. The van der Waals surface area contributed by atoms with E-state index in [1.165, 1.54) is 5.56 Å². The first-order chi connectivity index (χ1) is 12.7. The van der Waals surface area contributed by atoms with Crippen LogP contribution in [0.15, 0.2) is 30.6 Å². The molecule has 0 aliphatic carbocycles. The molecule has 0 spiro atoms. The van der Waals surface area contributed by atoms with Gasteiger partial charge in [0.15, 0.2) is 0 Å². The molecule has 0 saturated carbocycles. The van der Waals surface area contributed by atoms with E-state index in [2.05, 4.69) is 32.2 Å². The van der Waals surface area contributed by atoms with Crippen LogP contribution in [-0.2, 0) is 11.2 Å². The predicted octanol–water partition coefficient (Wildman–Crippen LogP) is 1.56. The summed E-state index contributed by atoms with van der Waals surface area (Å²) in [6, 6.07) is 9.16. The smallest absolute Gasteiger partial charge is 0.240 e. The van der Waals surface area contributed by atoms with Gasteiger partial charge in [0, 0.05) is 36.7 Å². The number of nitrogen functional groups attached to an aromatic ring is 1. The predicted molar refractivity (Wildman–Crippen MR) is 102 cm³/mol. The minimum atomic E-state index is 0.418. The van der Waals surface area contributed by atoms with E-state index < -0.39 is 0 Å². The topological polar surface area (TPSA) is 72.4 Å². The largest absolute Gasteiger partial charge is 0.378 e. The normalized spacial score (nSPS) is 22.7. The number of rotatable bonds is 4. The molecule has 1 unspecified atom stereocenters. The van der Waals surface area contributed by atoms with Crippen LogP contribution in [0.2, 0.25) is 5.02 Å². The molecule has 2 aromatic rings. The fourth-order valence-electron chi connectivity index (χ4n) is 4.07. The van der Waals surface area contributed by atoms with E-state index in [0.29, 0.717) is 18.0 Å². The van der Waals surface area contributed by atoms with Crippen molar-refractivity contribution < 1.29 is 4.74 Å². The average Bonchev–Trinajstić information content (AvgIpc) is 3.10. The van der Waals surface area contributed by atoms with Crippen LogP contribution in [0.3, 0.4) is 0 Å². The number of anilines is 1. The van der Waals surface area contributed by atoms with Crippen LogP contribution >= 0.6 is 11.6 Å². The highest BCUT2D eigenvalue weighted by Crippen LogP contribution is 2.23. The Morgan fingerprint density at radius 2 is 1.92 bits per heavy atom. The van der Waals surface area contributed by atoms with Gasteiger partial charge in [-0.15, -0.1) is 10.2 Å². The van der Waals surface area contributed by atoms with E-state index in [0.717, 1.165) is 57.1 Å². The van der Waals surface area contributed by atoms with Crippen molar-refractivity contribution in [2.45, 2.75) is 31.3 Å². The molecule has 3 heterocycles. The summed E-state index contributed by atoms with van der Waals surface area (Å²) in [6.45, 7) is 4.52. The fraction of sp³-hybridized carbons (Fsp3) is 0.556. The van der Waals surface area contributed by atoms with E-state index >= 15 is 0 Å². The van der Waals surface area contributed by atoms with Gasteiger partial charge in [-0.2, -0.15) is 0 Å². The molecule has 140 valence electrons. The highest BCUT2D eigenvalue weighted by atomic mass is 35.5. The third-order valence-electron chi connectivity index (χ3n) is 5.43. The van der Waals surface area contributed by atoms with E-state index in [1.54, 1.807) is 6.33 Å². The van der Waals surface area contributed by atoms with E-state index in [9.17, 15) is 0 Å². The van der Waals surface area contributed by atoms with Gasteiger partial charge in [-0.05, 0) is 37.0 Å². The Morgan fingerprint density at radius 1 is 1.15 bits per heavy atom. The highest BCUT2D eigenvalue weighted by molar-refractivity contribution is 6.30. The summed E-state index contributed by atoms with van der Waals surface area (Å²) >= 11 is 6.01. The average molecular weight is 377 g/mol. The summed E-state index contributed by atoms with van der Waals surface area (Å²) in [5.41, 5.74) is 7.19. The lowest BCUT2D eigenvalue weighted by atomic mass is 9.98. The monoisotopic (exact) mass is 376 g/mol. The molecule has 7 nitrogen and oxygen atoms in total. The number of hydrogen-bond donors (Lipinski definition) is 1. The van der Waals surface area contributed by atoms with Crippen molar-refractivity contribution in [3.63, 3.8) is 0 Å². The molecule has 4 rings (SSSR count). The summed E-state index contributed by atoms with van der Waals surface area (Å²) in [5, 5.41) is 10.8. The summed E-state index contributed by atoms with van der Waals surface area (Å²) in [4.78, 5) is 2.64. The number of halogens is 1. The number of nitrogens with two attached hydrogens (primary N) is 1. The summed E-state index contributed by atoms with van der Waals surface area (Å²) in [6.07, 6.45) is 4.90. The van der Waals surface area contributed by atoms with E-state index in [1.807, 2.05) is 16.8 Å². The Kier molecular flexibility index (Phi) is 5.28. The molecule has 1 atom stereocenters. The number of ether oxygens (including phenoxy) is 1. The zero-order chi connectivity index (χ0) is 17.9. The Bertz CT molecular complexity index is 713. The molecule has 1 aromatic carbocycles. The van der Waals surface area contributed by atoms with Gasteiger partial charge in [0.05, 0.1) is 13.2 Å². The molecule has 2 N–H and O–H groups in total. The van der Waals surface area contributed by atoms with E-state index in [-0.39, 0.29) is 0 Å². The zero-order valence-corrected chi connectivity index (χ0v) is 15.6. The fourth-order valence-corrected chi connectivity index (χ4v) is 4.20. The summed E-state index contributed by atoms with van der Waals surface area (Å²) in [5.74, 6) is 0.454. The third kappa shape index (κ3) is 3.79. The molecule has 2 aliphatic heterocycles. The number of benzene rings is 1. The lowest BCUT2D eigenvalue weighted by Crippen LogP contribution is -2.56. The Morgan fingerprint density at radius 3 is 2.62 bits per heavy atom.